The van der Waals surface area contributed by atoms with Crippen molar-refractivity contribution < 1.29 is 4.74 Å². The third-order valence-electron chi connectivity index (χ3n) is 4.69. The van der Waals surface area contributed by atoms with Crippen molar-refractivity contribution in [2.24, 2.45) is 12.0 Å². The maximum atomic E-state index is 5.74. The van der Waals surface area contributed by atoms with E-state index in [2.05, 4.69) is 52.0 Å². The van der Waals surface area contributed by atoms with E-state index < -0.39 is 0 Å². The summed E-state index contributed by atoms with van der Waals surface area (Å²) in [4.78, 5) is 6.58. The number of rotatable bonds is 5. The Bertz CT molecular complexity index is 754. The zero-order chi connectivity index (χ0) is 18.5. The predicted octanol–water partition coefficient (Wildman–Crippen LogP) is 1.71. The van der Waals surface area contributed by atoms with E-state index in [0.29, 0.717) is 6.61 Å². The van der Waals surface area contributed by atoms with Crippen LogP contribution in [0.25, 0.3) is 0 Å². The SMILES string of the molecule is CN=C(NCC(c1cnn(C)c1)N(C)C)NC1CCOc2ccccc21. The second kappa shape index (κ2) is 8.23. The molecule has 1 aliphatic rings. The van der Waals surface area contributed by atoms with E-state index in [1.165, 1.54) is 11.1 Å². The molecular weight excluding hydrogens is 328 g/mol. The molecule has 0 fully saturated rings. The lowest BCUT2D eigenvalue weighted by molar-refractivity contribution is 0.261. The first-order valence-electron chi connectivity index (χ1n) is 8.92. The van der Waals surface area contributed by atoms with E-state index in [4.69, 9.17) is 4.74 Å². The van der Waals surface area contributed by atoms with Crippen molar-refractivity contribution >= 4 is 5.96 Å². The van der Waals surface area contributed by atoms with Gasteiger partial charge in [0.1, 0.15) is 5.75 Å². The minimum atomic E-state index is 0.197. The number of fused-ring (bicyclic) bond motifs is 1. The number of hydrogen-bond acceptors (Lipinski definition) is 4. The largest absolute Gasteiger partial charge is 0.493 e. The van der Waals surface area contributed by atoms with Crippen molar-refractivity contribution in [2.75, 3.05) is 34.3 Å². The Balaban J connectivity index is 1.65. The first-order chi connectivity index (χ1) is 12.6. The van der Waals surface area contributed by atoms with Crippen molar-refractivity contribution in [3.05, 3.63) is 47.8 Å². The molecule has 0 bridgehead atoms. The highest BCUT2D eigenvalue weighted by Crippen LogP contribution is 2.31. The van der Waals surface area contributed by atoms with E-state index in [1.807, 2.05) is 36.1 Å². The summed E-state index contributed by atoms with van der Waals surface area (Å²) >= 11 is 0. The van der Waals surface area contributed by atoms with Gasteiger partial charge in [-0.3, -0.25) is 9.67 Å². The Morgan fingerprint density at radius 1 is 1.42 bits per heavy atom. The highest BCUT2D eigenvalue weighted by Gasteiger charge is 2.22. The Morgan fingerprint density at radius 2 is 2.23 bits per heavy atom. The first kappa shape index (κ1) is 18.3. The molecule has 2 N–H and O–H groups in total. The highest BCUT2D eigenvalue weighted by molar-refractivity contribution is 5.80. The van der Waals surface area contributed by atoms with Crippen molar-refractivity contribution in [1.29, 1.82) is 0 Å². The molecule has 1 aliphatic heterocycles. The average molecular weight is 356 g/mol. The minimum absolute atomic E-state index is 0.197. The van der Waals surface area contributed by atoms with Crippen molar-refractivity contribution in [2.45, 2.75) is 18.5 Å². The molecular formula is C19H28N6O. The molecule has 1 aromatic carbocycles. The molecule has 0 radical (unpaired) electrons. The third-order valence-corrected chi connectivity index (χ3v) is 4.69. The average Bonchev–Trinajstić information content (AvgIpc) is 3.06. The molecule has 2 aromatic rings. The van der Waals surface area contributed by atoms with Crippen LogP contribution in [0.5, 0.6) is 5.75 Å². The number of para-hydroxylation sites is 1. The normalized spacial score (nSPS) is 18.2. The Hall–Kier alpha value is -2.54. The van der Waals surface area contributed by atoms with Gasteiger partial charge < -0.3 is 20.3 Å². The van der Waals surface area contributed by atoms with Gasteiger partial charge in [-0.1, -0.05) is 18.2 Å². The molecule has 7 nitrogen and oxygen atoms in total. The number of likely N-dealkylation sites (N-methyl/N-ethyl adjacent to an activating group) is 1. The van der Waals surface area contributed by atoms with Crippen LogP contribution in [0.3, 0.4) is 0 Å². The first-order valence-corrected chi connectivity index (χ1v) is 8.92. The number of nitrogens with one attached hydrogen (secondary N) is 2. The maximum Gasteiger partial charge on any atom is 0.191 e. The van der Waals surface area contributed by atoms with Crippen LogP contribution in [0.15, 0.2) is 41.7 Å². The molecule has 0 spiro atoms. The van der Waals surface area contributed by atoms with Crippen LogP contribution in [-0.2, 0) is 7.05 Å². The van der Waals surface area contributed by atoms with Gasteiger partial charge in [-0.15, -0.1) is 0 Å². The molecule has 26 heavy (non-hydrogen) atoms. The molecule has 3 rings (SSSR count). The van der Waals surface area contributed by atoms with E-state index >= 15 is 0 Å². The van der Waals surface area contributed by atoms with Crippen LogP contribution in [0, 0.1) is 0 Å². The van der Waals surface area contributed by atoms with Crippen molar-refractivity contribution in [3.63, 3.8) is 0 Å². The molecule has 0 saturated heterocycles. The molecule has 0 amide bonds. The van der Waals surface area contributed by atoms with Gasteiger partial charge in [0.25, 0.3) is 0 Å². The minimum Gasteiger partial charge on any atom is -0.493 e. The second-order valence-electron chi connectivity index (χ2n) is 6.75. The van der Waals surface area contributed by atoms with Gasteiger partial charge in [-0.25, -0.2) is 0 Å². The lowest BCUT2D eigenvalue weighted by atomic mass is 10.0. The Labute approximate surface area is 155 Å². The predicted molar refractivity (Wildman–Crippen MR) is 103 cm³/mol. The summed E-state index contributed by atoms with van der Waals surface area (Å²) in [6.07, 6.45) is 4.88. The molecule has 140 valence electrons. The van der Waals surface area contributed by atoms with Gasteiger partial charge in [0.05, 0.1) is 24.9 Å². The van der Waals surface area contributed by atoms with E-state index in [1.54, 1.807) is 7.05 Å². The molecule has 0 saturated carbocycles. The van der Waals surface area contributed by atoms with Gasteiger partial charge in [-0.2, -0.15) is 5.10 Å². The number of aliphatic imine (C=N–C) groups is 1. The number of nitrogens with zero attached hydrogens (tertiary/aromatic N) is 4. The molecule has 1 aromatic heterocycles. The molecule has 2 heterocycles. The standard InChI is InChI=1S/C19H28N6O/c1-20-19(21-12-17(24(2)3)14-11-22-25(4)13-14)23-16-9-10-26-18-8-6-5-7-15(16)18/h5-8,11,13,16-17H,9-10,12H2,1-4H3,(H2,20,21,23). The quantitative estimate of drug-likeness (QED) is 0.631. The summed E-state index contributed by atoms with van der Waals surface area (Å²) in [5, 5.41) is 11.3. The van der Waals surface area contributed by atoms with Gasteiger partial charge in [0.2, 0.25) is 0 Å². The van der Waals surface area contributed by atoms with E-state index in [0.717, 1.165) is 24.7 Å². The zero-order valence-electron chi connectivity index (χ0n) is 15.9. The maximum absolute atomic E-state index is 5.74. The lowest BCUT2D eigenvalue weighted by Crippen LogP contribution is -2.44. The van der Waals surface area contributed by atoms with Gasteiger partial charge in [-0.05, 0) is 20.2 Å². The van der Waals surface area contributed by atoms with Gasteiger partial charge >= 0.3 is 0 Å². The molecule has 0 aliphatic carbocycles. The Morgan fingerprint density at radius 3 is 2.92 bits per heavy atom. The summed E-state index contributed by atoms with van der Waals surface area (Å²) < 4.78 is 7.57. The van der Waals surface area contributed by atoms with Crippen LogP contribution in [0.2, 0.25) is 0 Å². The zero-order valence-corrected chi connectivity index (χ0v) is 15.9. The fraction of sp³-hybridized carbons (Fsp3) is 0.474. The molecule has 2 atom stereocenters. The van der Waals surface area contributed by atoms with E-state index in [-0.39, 0.29) is 12.1 Å². The monoisotopic (exact) mass is 356 g/mol. The highest BCUT2D eigenvalue weighted by atomic mass is 16.5. The molecule has 7 heteroatoms. The van der Waals surface area contributed by atoms with Crippen LogP contribution in [0.1, 0.15) is 29.6 Å². The topological polar surface area (TPSA) is 66.7 Å². The lowest BCUT2D eigenvalue weighted by Gasteiger charge is -2.29. The van der Waals surface area contributed by atoms with Crippen LogP contribution in [-0.4, -0.2) is 54.9 Å². The van der Waals surface area contributed by atoms with Crippen LogP contribution >= 0.6 is 0 Å². The Kier molecular flexibility index (Phi) is 5.78. The number of ether oxygens (including phenoxy) is 1. The summed E-state index contributed by atoms with van der Waals surface area (Å²) in [5.74, 6) is 1.75. The van der Waals surface area contributed by atoms with Crippen molar-refractivity contribution in [3.8, 4) is 5.75 Å². The number of hydrogen-bond donors (Lipinski definition) is 2. The fourth-order valence-corrected chi connectivity index (χ4v) is 3.26. The third kappa shape index (κ3) is 4.16. The number of aromatic nitrogens is 2. The molecule has 2 unspecified atom stereocenters. The summed E-state index contributed by atoms with van der Waals surface area (Å²) in [7, 11) is 7.89. The number of aryl methyl sites for hydroxylation is 1. The second-order valence-corrected chi connectivity index (χ2v) is 6.75. The van der Waals surface area contributed by atoms with Crippen molar-refractivity contribution in [1.82, 2.24) is 25.3 Å². The van der Waals surface area contributed by atoms with Gasteiger partial charge in [0.15, 0.2) is 5.96 Å². The van der Waals surface area contributed by atoms with Gasteiger partial charge in [0, 0.05) is 44.4 Å². The summed E-state index contributed by atoms with van der Waals surface area (Å²) in [5.41, 5.74) is 2.36. The smallest absolute Gasteiger partial charge is 0.191 e. The fourth-order valence-electron chi connectivity index (χ4n) is 3.26. The summed E-state index contributed by atoms with van der Waals surface area (Å²) in [6.45, 7) is 1.45. The number of guanidine groups is 1. The number of benzene rings is 1. The van der Waals surface area contributed by atoms with E-state index in [9.17, 15) is 0 Å². The van der Waals surface area contributed by atoms with Crippen LogP contribution < -0.4 is 15.4 Å². The summed E-state index contributed by atoms with van der Waals surface area (Å²) in [6, 6.07) is 8.58. The van der Waals surface area contributed by atoms with Crippen LogP contribution in [0.4, 0.5) is 0 Å².